The van der Waals surface area contributed by atoms with Gasteiger partial charge in [0.25, 0.3) is 5.91 Å². The minimum atomic E-state index is 0.128. The summed E-state index contributed by atoms with van der Waals surface area (Å²) < 4.78 is 0. The van der Waals surface area contributed by atoms with Gasteiger partial charge in [0.05, 0.1) is 0 Å². The van der Waals surface area contributed by atoms with Crippen molar-refractivity contribution in [2.75, 3.05) is 26.7 Å². The number of hydrogen-bond acceptors (Lipinski definition) is 2. The highest BCUT2D eigenvalue weighted by Gasteiger charge is 2.20. The summed E-state index contributed by atoms with van der Waals surface area (Å²) >= 11 is 0. The lowest BCUT2D eigenvalue weighted by molar-refractivity contribution is 0.0762. The number of benzene rings is 1. The Morgan fingerprint density at radius 3 is 2.29 bits per heavy atom. The summed E-state index contributed by atoms with van der Waals surface area (Å²) in [5, 5.41) is 3.37. The third-order valence-corrected chi connectivity index (χ3v) is 4.34. The van der Waals surface area contributed by atoms with Crippen molar-refractivity contribution >= 4 is 5.91 Å². The molecule has 21 heavy (non-hydrogen) atoms. The van der Waals surface area contributed by atoms with Gasteiger partial charge in [0.1, 0.15) is 0 Å². The van der Waals surface area contributed by atoms with Crippen LogP contribution in [0.1, 0.15) is 49.5 Å². The Labute approximate surface area is 128 Å². The Hall–Kier alpha value is -1.35. The van der Waals surface area contributed by atoms with Crippen LogP contribution in [0.25, 0.3) is 0 Å². The van der Waals surface area contributed by atoms with Crippen LogP contribution in [0, 0.1) is 5.92 Å². The molecule has 1 saturated heterocycles. The molecule has 1 aromatic carbocycles. The molecule has 0 atom stereocenters. The van der Waals surface area contributed by atoms with Crippen LogP contribution >= 0.6 is 0 Å². The van der Waals surface area contributed by atoms with Gasteiger partial charge < -0.3 is 10.2 Å². The van der Waals surface area contributed by atoms with Crippen LogP contribution < -0.4 is 5.32 Å². The van der Waals surface area contributed by atoms with Gasteiger partial charge >= 0.3 is 0 Å². The number of carbonyl (C=O) groups excluding carboxylic acids is 1. The molecule has 0 unspecified atom stereocenters. The number of carbonyl (C=O) groups is 1. The Kier molecular flexibility index (Phi) is 5.04. The quantitative estimate of drug-likeness (QED) is 0.927. The second kappa shape index (κ2) is 6.61. The van der Waals surface area contributed by atoms with E-state index in [2.05, 4.69) is 38.2 Å². The zero-order valence-electron chi connectivity index (χ0n) is 13.8. The van der Waals surface area contributed by atoms with Gasteiger partial charge in [0, 0.05) is 19.2 Å². The molecule has 0 bridgehead atoms. The first-order valence-electron chi connectivity index (χ1n) is 7.94. The van der Waals surface area contributed by atoms with Crippen molar-refractivity contribution in [3.63, 3.8) is 0 Å². The van der Waals surface area contributed by atoms with Crippen LogP contribution in [0.5, 0.6) is 0 Å². The number of piperidine rings is 1. The van der Waals surface area contributed by atoms with Crippen molar-refractivity contribution in [3.05, 3.63) is 35.4 Å². The lowest BCUT2D eigenvalue weighted by atomic mass is 9.86. The van der Waals surface area contributed by atoms with Gasteiger partial charge in [-0.1, -0.05) is 32.9 Å². The topological polar surface area (TPSA) is 32.3 Å². The van der Waals surface area contributed by atoms with E-state index in [1.54, 1.807) is 0 Å². The highest BCUT2D eigenvalue weighted by atomic mass is 16.2. The standard InChI is InChI=1S/C18H28N2O/c1-18(2,3)16-7-5-15(6-8-16)17(21)20(4)13-14-9-11-19-12-10-14/h5-8,14,19H,9-13H2,1-4H3. The van der Waals surface area contributed by atoms with Crippen LogP contribution in [0.3, 0.4) is 0 Å². The lowest BCUT2D eigenvalue weighted by Gasteiger charge is -2.27. The normalized spacial score (nSPS) is 16.8. The summed E-state index contributed by atoms with van der Waals surface area (Å²) in [5.74, 6) is 0.767. The Morgan fingerprint density at radius 2 is 1.76 bits per heavy atom. The molecular weight excluding hydrogens is 260 g/mol. The number of nitrogens with one attached hydrogen (secondary N) is 1. The van der Waals surface area contributed by atoms with Gasteiger partial charge in [0.15, 0.2) is 0 Å². The summed E-state index contributed by atoms with van der Waals surface area (Å²) in [6.45, 7) is 9.58. The molecule has 0 radical (unpaired) electrons. The van der Waals surface area contributed by atoms with E-state index < -0.39 is 0 Å². The summed E-state index contributed by atoms with van der Waals surface area (Å²) in [7, 11) is 1.92. The largest absolute Gasteiger partial charge is 0.341 e. The van der Waals surface area contributed by atoms with E-state index in [1.165, 1.54) is 18.4 Å². The highest BCUT2D eigenvalue weighted by molar-refractivity contribution is 5.94. The molecule has 3 nitrogen and oxygen atoms in total. The zero-order chi connectivity index (χ0) is 15.5. The first-order chi connectivity index (χ1) is 9.88. The number of amides is 1. The average molecular weight is 288 g/mol. The van der Waals surface area contributed by atoms with E-state index in [0.29, 0.717) is 5.92 Å². The number of hydrogen-bond donors (Lipinski definition) is 1. The second-order valence-electron chi connectivity index (χ2n) is 7.21. The van der Waals surface area contributed by atoms with E-state index in [-0.39, 0.29) is 11.3 Å². The molecular formula is C18H28N2O. The summed E-state index contributed by atoms with van der Waals surface area (Å²) in [4.78, 5) is 14.4. The minimum Gasteiger partial charge on any atom is -0.341 e. The highest BCUT2D eigenvalue weighted by Crippen LogP contribution is 2.22. The van der Waals surface area contributed by atoms with E-state index >= 15 is 0 Å². The predicted molar refractivity (Wildman–Crippen MR) is 87.7 cm³/mol. The predicted octanol–water partition coefficient (Wildman–Crippen LogP) is 3.06. The third-order valence-electron chi connectivity index (χ3n) is 4.34. The second-order valence-corrected chi connectivity index (χ2v) is 7.21. The SMILES string of the molecule is CN(CC1CCNCC1)C(=O)c1ccc(C(C)(C)C)cc1. The van der Waals surface area contributed by atoms with E-state index in [1.807, 2.05) is 24.1 Å². The van der Waals surface area contributed by atoms with Crippen molar-refractivity contribution < 1.29 is 4.79 Å². The molecule has 116 valence electrons. The van der Waals surface area contributed by atoms with E-state index in [0.717, 1.165) is 25.2 Å². The molecule has 3 heteroatoms. The zero-order valence-corrected chi connectivity index (χ0v) is 13.8. The molecule has 0 saturated carbocycles. The van der Waals surface area contributed by atoms with Gasteiger partial charge in [-0.15, -0.1) is 0 Å². The van der Waals surface area contributed by atoms with Crippen molar-refractivity contribution in [2.24, 2.45) is 5.92 Å². The summed E-state index contributed by atoms with van der Waals surface area (Å²) in [6.07, 6.45) is 2.33. The number of nitrogens with zero attached hydrogens (tertiary/aromatic N) is 1. The van der Waals surface area contributed by atoms with Gasteiger partial charge in [-0.05, 0) is 55.0 Å². The monoisotopic (exact) mass is 288 g/mol. The first kappa shape index (κ1) is 16.0. The average Bonchev–Trinajstić information content (AvgIpc) is 2.46. The fourth-order valence-corrected chi connectivity index (χ4v) is 2.87. The summed E-state index contributed by atoms with van der Waals surface area (Å²) in [5.41, 5.74) is 2.18. The third kappa shape index (κ3) is 4.31. The smallest absolute Gasteiger partial charge is 0.253 e. The van der Waals surface area contributed by atoms with Crippen LogP contribution in [-0.4, -0.2) is 37.5 Å². The fourth-order valence-electron chi connectivity index (χ4n) is 2.87. The summed E-state index contributed by atoms with van der Waals surface area (Å²) in [6, 6.07) is 8.07. The van der Waals surface area contributed by atoms with Crippen LogP contribution in [0.2, 0.25) is 0 Å². The molecule has 0 aliphatic carbocycles. The van der Waals surface area contributed by atoms with E-state index in [4.69, 9.17) is 0 Å². The van der Waals surface area contributed by atoms with Crippen LogP contribution in [0.15, 0.2) is 24.3 Å². The molecule has 1 aromatic rings. The maximum absolute atomic E-state index is 12.5. The van der Waals surface area contributed by atoms with Crippen LogP contribution in [-0.2, 0) is 5.41 Å². The molecule has 1 heterocycles. The fraction of sp³-hybridized carbons (Fsp3) is 0.611. The molecule has 1 amide bonds. The van der Waals surface area contributed by atoms with Gasteiger partial charge in [-0.3, -0.25) is 4.79 Å². The van der Waals surface area contributed by atoms with Crippen LogP contribution in [0.4, 0.5) is 0 Å². The number of rotatable bonds is 3. The van der Waals surface area contributed by atoms with Gasteiger partial charge in [-0.2, -0.15) is 0 Å². The van der Waals surface area contributed by atoms with Crippen molar-refractivity contribution in [2.45, 2.75) is 39.0 Å². The Balaban J connectivity index is 1.98. The van der Waals surface area contributed by atoms with Gasteiger partial charge in [0.2, 0.25) is 0 Å². The minimum absolute atomic E-state index is 0.128. The molecule has 1 aliphatic heterocycles. The van der Waals surface area contributed by atoms with Crippen molar-refractivity contribution in [1.29, 1.82) is 0 Å². The molecule has 2 rings (SSSR count). The first-order valence-corrected chi connectivity index (χ1v) is 7.94. The molecule has 1 N–H and O–H groups in total. The Morgan fingerprint density at radius 1 is 1.19 bits per heavy atom. The molecule has 1 fully saturated rings. The lowest BCUT2D eigenvalue weighted by Crippen LogP contribution is -2.37. The molecule has 1 aliphatic rings. The van der Waals surface area contributed by atoms with Gasteiger partial charge in [-0.25, -0.2) is 0 Å². The molecule has 0 spiro atoms. The van der Waals surface area contributed by atoms with E-state index in [9.17, 15) is 4.79 Å². The van der Waals surface area contributed by atoms with Crippen molar-refractivity contribution in [3.8, 4) is 0 Å². The molecule has 0 aromatic heterocycles. The van der Waals surface area contributed by atoms with Crippen molar-refractivity contribution in [1.82, 2.24) is 10.2 Å². The Bertz CT molecular complexity index is 467. The maximum atomic E-state index is 12.5. The maximum Gasteiger partial charge on any atom is 0.253 e.